The van der Waals surface area contributed by atoms with Gasteiger partial charge >= 0.3 is 0 Å². The molecule has 2 rings (SSSR count). The van der Waals surface area contributed by atoms with Crippen LogP contribution in [0.4, 0.5) is 0 Å². The van der Waals surface area contributed by atoms with Gasteiger partial charge in [-0.1, -0.05) is 38.1 Å². The molecule has 1 N–H and O–H groups in total. The Morgan fingerprint density at radius 1 is 1.33 bits per heavy atom. The van der Waals surface area contributed by atoms with Crippen LogP contribution in [-0.2, 0) is 11.3 Å². The Balaban J connectivity index is 1.94. The largest absolute Gasteiger partial charge is 0.354 e. The molecule has 0 spiro atoms. The van der Waals surface area contributed by atoms with Crippen molar-refractivity contribution in [2.75, 3.05) is 6.54 Å². The molecular weight excluding hydrogens is 266 g/mol. The van der Waals surface area contributed by atoms with Gasteiger partial charge in [0.15, 0.2) is 0 Å². The summed E-state index contributed by atoms with van der Waals surface area (Å²) in [6.45, 7) is 7.01. The van der Waals surface area contributed by atoms with E-state index in [1.165, 1.54) is 4.80 Å². The Kier molecular flexibility index (Phi) is 5.03. The van der Waals surface area contributed by atoms with Gasteiger partial charge in [-0.05, 0) is 30.0 Å². The van der Waals surface area contributed by atoms with Crippen molar-refractivity contribution in [2.45, 2.75) is 33.7 Å². The predicted octanol–water partition coefficient (Wildman–Crippen LogP) is 1.81. The van der Waals surface area contributed by atoms with Crippen LogP contribution in [0.1, 0.15) is 25.8 Å². The molecule has 21 heavy (non-hydrogen) atoms. The van der Waals surface area contributed by atoms with Gasteiger partial charge in [-0.3, -0.25) is 4.79 Å². The fourth-order valence-electron chi connectivity index (χ4n) is 1.93. The normalized spacial score (nSPS) is 10.9. The van der Waals surface area contributed by atoms with Crippen molar-refractivity contribution in [1.82, 2.24) is 25.5 Å². The topological polar surface area (TPSA) is 72.7 Å². The van der Waals surface area contributed by atoms with Crippen LogP contribution in [0.3, 0.4) is 0 Å². The lowest BCUT2D eigenvalue weighted by atomic mass is 10.1. The average molecular weight is 287 g/mol. The van der Waals surface area contributed by atoms with Crippen molar-refractivity contribution in [1.29, 1.82) is 0 Å². The number of carbonyl (C=O) groups is 1. The molecule has 0 atom stereocenters. The van der Waals surface area contributed by atoms with Gasteiger partial charge in [0, 0.05) is 12.1 Å². The van der Waals surface area contributed by atoms with Gasteiger partial charge in [0.2, 0.25) is 11.7 Å². The molecule has 0 unspecified atom stereocenters. The summed E-state index contributed by atoms with van der Waals surface area (Å²) in [5, 5.41) is 15.1. The number of tetrazole rings is 1. The third kappa shape index (κ3) is 4.37. The van der Waals surface area contributed by atoms with Crippen LogP contribution in [0.15, 0.2) is 24.3 Å². The Morgan fingerprint density at radius 3 is 2.81 bits per heavy atom. The van der Waals surface area contributed by atoms with Crippen LogP contribution in [0.2, 0.25) is 0 Å². The van der Waals surface area contributed by atoms with E-state index in [0.29, 0.717) is 18.3 Å². The van der Waals surface area contributed by atoms with E-state index in [0.717, 1.165) is 17.5 Å². The number of hydrogen-bond donors (Lipinski definition) is 1. The monoisotopic (exact) mass is 287 g/mol. The van der Waals surface area contributed by atoms with Gasteiger partial charge in [-0.2, -0.15) is 4.80 Å². The number of nitrogens with one attached hydrogen (secondary N) is 1. The third-order valence-electron chi connectivity index (χ3n) is 3.17. The van der Waals surface area contributed by atoms with Crippen LogP contribution in [0, 0.1) is 12.8 Å². The quantitative estimate of drug-likeness (QED) is 0.879. The smallest absolute Gasteiger partial charge is 0.243 e. The number of hydrogen-bond acceptors (Lipinski definition) is 4. The minimum atomic E-state index is -0.0932. The molecule has 1 amide bonds. The number of nitrogens with zero attached hydrogens (tertiary/aromatic N) is 4. The van der Waals surface area contributed by atoms with E-state index in [1.54, 1.807) is 0 Å². The van der Waals surface area contributed by atoms with Crippen LogP contribution in [-0.4, -0.2) is 32.7 Å². The minimum Gasteiger partial charge on any atom is -0.354 e. The fourth-order valence-corrected chi connectivity index (χ4v) is 1.93. The van der Waals surface area contributed by atoms with Crippen molar-refractivity contribution >= 4 is 5.91 Å². The van der Waals surface area contributed by atoms with Crippen LogP contribution in [0.5, 0.6) is 0 Å². The first-order valence-electron chi connectivity index (χ1n) is 7.16. The molecule has 0 aliphatic carbocycles. The van der Waals surface area contributed by atoms with E-state index in [1.807, 2.05) is 31.2 Å². The summed E-state index contributed by atoms with van der Waals surface area (Å²) in [5.41, 5.74) is 2.02. The minimum absolute atomic E-state index is 0.0932. The fraction of sp³-hybridized carbons (Fsp3) is 0.467. The molecule has 0 bridgehead atoms. The van der Waals surface area contributed by atoms with Crippen molar-refractivity contribution in [3.05, 3.63) is 29.8 Å². The summed E-state index contributed by atoms with van der Waals surface area (Å²) in [4.78, 5) is 13.1. The Labute approximate surface area is 124 Å². The highest BCUT2D eigenvalue weighted by Crippen LogP contribution is 2.17. The Hall–Kier alpha value is -2.24. The van der Waals surface area contributed by atoms with Gasteiger partial charge in [0.05, 0.1) is 0 Å². The van der Waals surface area contributed by atoms with Crippen LogP contribution < -0.4 is 5.32 Å². The third-order valence-corrected chi connectivity index (χ3v) is 3.17. The van der Waals surface area contributed by atoms with Gasteiger partial charge in [0.25, 0.3) is 0 Å². The zero-order valence-corrected chi connectivity index (χ0v) is 12.7. The summed E-state index contributed by atoms with van der Waals surface area (Å²) in [5.74, 6) is 1.02. The summed E-state index contributed by atoms with van der Waals surface area (Å²) < 4.78 is 0. The summed E-state index contributed by atoms with van der Waals surface area (Å²) in [6.07, 6.45) is 0.963. The predicted molar refractivity (Wildman–Crippen MR) is 80.5 cm³/mol. The second-order valence-corrected chi connectivity index (χ2v) is 5.49. The lowest BCUT2D eigenvalue weighted by Gasteiger charge is -2.06. The second kappa shape index (κ2) is 6.97. The summed E-state index contributed by atoms with van der Waals surface area (Å²) >= 11 is 0. The van der Waals surface area contributed by atoms with Crippen molar-refractivity contribution in [3.63, 3.8) is 0 Å². The van der Waals surface area contributed by atoms with E-state index in [-0.39, 0.29) is 12.5 Å². The average Bonchev–Trinajstić information content (AvgIpc) is 2.87. The van der Waals surface area contributed by atoms with E-state index < -0.39 is 0 Å². The lowest BCUT2D eigenvalue weighted by Crippen LogP contribution is -2.29. The van der Waals surface area contributed by atoms with Crippen LogP contribution >= 0.6 is 0 Å². The number of rotatable bonds is 6. The second-order valence-electron chi connectivity index (χ2n) is 5.49. The highest BCUT2D eigenvalue weighted by Gasteiger charge is 2.10. The Morgan fingerprint density at radius 2 is 2.10 bits per heavy atom. The zero-order chi connectivity index (χ0) is 15.2. The molecule has 0 saturated carbocycles. The summed E-state index contributed by atoms with van der Waals surface area (Å²) in [6, 6.07) is 7.83. The first-order chi connectivity index (χ1) is 10.1. The molecule has 0 radical (unpaired) electrons. The van der Waals surface area contributed by atoms with E-state index >= 15 is 0 Å². The zero-order valence-electron chi connectivity index (χ0n) is 12.7. The number of benzene rings is 1. The van der Waals surface area contributed by atoms with Gasteiger partial charge < -0.3 is 5.32 Å². The molecule has 0 saturated heterocycles. The number of carbonyl (C=O) groups excluding carboxylic acids is 1. The van der Waals surface area contributed by atoms with Crippen molar-refractivity contribution in [3.8, 4) is 11.4 Å². The Bertz CT molecular complexity index is 606. The highest BCUT2D eigenvalue weighted by atomic mass is 16.2. The van der Waals surface area contributed by atoms with Gasteiger partial charge in [-0.25, -0.2) is 0 Å². The van der Waals surface area contributed by atoms with E-state index in [2.05, 4.69) is 34.6 Å². The summed E-state index contributed by atoms with van der Waals surface area (Å²) in [7, 11) is 0. The molecule has 2 aromatic rings. The van der Waals surface area contributed by atoms with Gasteiger partial charge in [0.1, 0.15) is 6.54 Å². The molecule has 0 aliphatic rings. The molecule has 0 fully saturated rings. The van der Waals surface area contributed by atoms with E-state index in [4.69, 9.17) is 0 Å². The maximum atomic E-state index is 11.8. The van der Waals surface area contributed by atoms with Crippen LogP contribution in [0.25, 0.3) is 11.4 Å². The standard InChI is InChI=1S/C15H21N5O/c1-11(2)8-9-16-14(21)10-20-18-15(17-19-20)13-7-5-4-6-12(13)3/h4-7,11H,8-10H2,1-3H3,(H,16,21). The molecule has 1 aromatic heterocycles. The molecule has 6 heteroatoms. The first-order valence-corrected chi connectivity index (χ1v) is 7.16. The SMILES string of the molecule is Cc1ccccc1-c1nnn(CC(=O)NCCC(C)C)n1. The van der Waals surface area contributed by atoms with Crippen molar-refractivity contribution < 1.29 is 4.79 Å². The molecule has 1 heterocycles. The van der Waals surface area contributed by atoms with E-state index in [9.17, 15) is 4.79 Å². The lowest BCUT2D eigenvalue weighted by molar-refractivity contribution is -0.122. The first kappa shape index (κ1) is 15.2. The molecule has 6 nitrogen and oxygen atoms in total. The molecular formula is C15H21N5O. The maximum absolute atomic E-state index is 11.8. The number of aromatic nitrogens is 4. The van der Waals surface area contributed by atoms with Crippen molar-refractivity contribution in [2.24, 2.45) is 5.92 Å². The number of aryl methyl sites for hydroxylation is 1. The molecule has 1 aromatic carbocycles. The maximum Gasteiger partial charge on any atom is 0.243 e. The molecule has 112 valence electrons. The number of amides is 1. The molecule has 0 aliphatic heterocycles. The van der Waals surface area contributed by atoms with Gasteiger partial charge in [-0.15, -0.1) is 10.2 Å². The highest BCUT2D eigenvalue weighted by molar-refractivity contribution is 5.75.